The summed E-state index contributed by atoms with van der Waals surface area (Å²) < 4.78 is 0. The first kappa shape index (κ1) is 10.8. The topological polar surface area (TPSA) is 88.0 Å². The maximum atomic E-state index is 11.8. The largest absolute Gasteiger partial charge is 0.348 e. The van der Waals surface area contributed by atoms with Crippen molar-refractivity contribution in [3.05, 3.63) is 40.1 Å². The van der Waals surface area contributed by atoms with Crippen LogP contribution in [0.2, 0.25) is 0 Å². The summed E-state index contributed by atoms with van der Waals surface area (Å²) >= 11 is 0. The molecule has 2 N–H and O–H groups in total. The number of fused-ring (bicyclic) bond motifs is 1. The van der Waals surface area contributed by atoms with E-state index in [2.05, 4.69) is 10.3 Å². The van der Waals surface area contributed by atoms with Crippen molar-refractivity contribution in [1.82, 2.24) is 10.3 Å². The van der Waals surface area contributed by atoms with Gasteiger partial charge in [-0.05, 0) is 18.9 Å². The highest BCUT2D eigenvalue weighted by Gasteiger charge is 2.25. The maximum Gasteiger partial charge on any atom is 0.293 e. The zero-order chi connectivity index (χ0) is 12.7. The zero-order valence-corrected chi connectivity index (χ0v) is 9.47. The van der Waals surface area contributed by atoms with Crippen LogP contribution in [0.15, 0.2) is 24.3 Å². The summed E-state index contributed by atoms with van der Waals surface area (Å²) in [4.78, 5) is 25.1. The number of aromatic amines is 1. The van der Waals surface area contributed by atoms with Crippen LogP contribution in [0.4, 0.5) is 5.69 Å². The third kappa shape index (κ3) is 1.81. The number of non-ortho nitro benzene ring substituents is 1. The Kier molecular flexibility index (Phi) is 2.29. The van der Waals surface area contributed by atoms with Crippen LogP contribution in [-0.2, 0) is 0 Å². The number of rotatable bonds is 3. The molecule has 18 heavy (non-hydrogen) atoms. The molecule has 0 atom stereocenters. The Morgan fingerprint density at radius 3 is 2.89 bits per heavy atom. The molecule has 1 aliphatic rings. The molecule has 0 radical (unpaired) electrons. The van der Waals surface area contributed by atoms with E-state index < -0.39 is 4.92 Å². The molecular formula is C12H11N3O3. The normalized spacial score (nSPS) is 14.7. The summed E-state index contributed by atoms with van der Waals surface area (Å²) in [6, 6.07) is 6.67. The van der Waals surface area contributed by atoms with Crippen molar-refractivity contribution in [3.63, 3.8) is 0 Å². The van der Waals surface area contributed by atoms with Gasteiger partial charge in [-0.15, -0.1) is 0 Å². The van der Waals surface area contributed by atoms with Crippen LogP contribution in [-0.4, -0.2) is 21.9 Å². The van der Waals surface area contributed by atoms with Gasteiger partial charge in [0.2, 0.25) is 0 Å². The number of para-hydroxylation sites is 1. The minimum atomic E-state index is -0.457. The Morgan fingerprint density at radius 2 is 2.22 bits per heavy atom. The second kappa shape index (κ2) is 3.83. The van der Waals surface area contributed by atoms with Gasteiger partial charge in [0.1, 0.15) is 11.2 Å². The van der Waals surface area contributed by atoms with Gasteiger partial charge in [-0.3, -0.25) is 14.9 Å². The number of carbonyl (C=O) groups excluding carboxylic acids is 1. The Balaban J connectivity index is 2.01. The standard InChI is InChI=1S/C12H11N3O3/c16-12(13-8-4-5-8)9-6-7-2-1-3-10(15(17)18)11(7)14-9/h1-3,6,8,14H,4-5H2,(H,13,16). The van der Waals surface area contributed by atoms with Crippen LogP contribution >= 0.6 is 0 Å². The third-order valence-electron chi connectivity index (χ3n) is 2.99. The second-order valence-corrected chi connectivity index (χ2v) is 4.43. The summed E-state index contributed by atoms with van der Waals surface area (Å²) in [5.74, 6) is -0.206. The van der Waals surface area contributed by atoms with Crippen molar-refractivity contribution in [2.45, 2.75) is 18.9 Å². The number of H-pyrrole nitrogens is 1. The van der Waals surface area contributed by atoms with Gasteiger partial charge < -0.3 is 10.3 Å². The first-order valence-electron chi connectivity index (χ1n) is 5.72. The summed E-state index contributed by atoms with van der Waals surface area (Å²) in [7, 11) is 0. The van der Waals surface area contributed by atoms with Crippen LogP contribution in [0.3, 0.4) is 0 Å². The van der Waals surface area contributed by atoms with Gasteiger partial charge in [0, 0.05) is 17.5 Å². The molecule has 1 fully saturated rings. The van der Waals surface area contributed by atoms with E-state index in [0.717, 1.165) is 12.8 Å². The monoisotopic (exact) mass is 245 g/mol. The highest BCUT2D eigenvalue weighted by Crippen LogP contribution is 2.26. The number of nitro benzene ring substituents is 1. The first-order chi connectivity index (χ1) is 8.65. The molecule has 0 saturated heterocycles. The second-order valence-electron chi connectivity index (χ2n) is 4.43. The average Bonchev–Trinajstić information content (AvgIpc) is 3.04. The summed E-state index contributed by atoms with van der Waals surface area (Å²) in [6.45, 7) is 0. The fourth-order valence-corrected chi connectivity index (χ4v) is 1.91. The van der Waals surface area contributed by atoms with E-state index in [-0.39, 0.29) is 17.6 Å². The van der Waals surface area contributed by atoms with Gasteiger partial charge in [-0.2, -0.15) is 0 Å². The van der Waals surface area contributed by atoms with Crippen LogP contribution in [0, 0.1) is 10.1 Å². The van der Waals surface area contributed by atoms with Crippen molar-refractivity contribution >= 4 is 22.5 Å². The third-order valence-corrected chi connectivity index (χ3v) is 2.99. The first-order valence-corrected chi connectivity index (χ1v) is 5.72. The Hall–Kier alpha value is -2.37. The average molecular weight is 245 g/mol. The fourth-order valence-electron chi connectivity index (χ4n) is 1.91. The molecule has 3 rings (SSSR count). The number of carbonyl (C=O) groups is 1. The minimum Gasteiger partial charge on any atom is -0.348 e. The number of benzene rings is 1. The van der Waals surface area contributed by atoms with E-state index in [9.17, 15) is 14.9 Å². The molecule has 1 aromatic heterocycles. The molecule has 6 heteroatoms. The number of hydrogen-bond acceptors (Lipinski definition) is 3. The number of nitrogens with one attached hydrogen (secondary N) is 2. The molecule has 0 spiro atoms. The molecule has 1 aliphatic carbocycles. The van der Waals surface area contributed by atoms with Crippen LogP contribution in [0.1, 0.15) is 23.3 Å². The van der Waals surface area contributed by atoms with Crippen molar-refractivity contribution < 1.29 is 9.72 Å². The number of hydrogen-bond donors (Lipinski definition) is 2. The summed E-state index contributed by atoms with van der Waals surface area (Å²) in [5.41, 5.74) is 0.743. The quantitative estimate of drug-likeness (QED) is 0.640. The van der Waals surface area contributed by atoms with E-state index in [0.29, 0.717) is 16.6 Å². The number of amides is 1. The molecule has 0 unspecified atom stereocenters. The van der Waals surface area contributed by atoms with Gasteiger partial charge in [-0.25, -0.2) is 0 Å². The lowest BCUT2D eigenvalue weighted by atomic mass is 10.2. The van der Waals surface area contributed by atoms with Gasteiger partial charge in [0.15, 0.2) is 0 Å². The molecule has 2 aromatic rings. The number of nitro groups is 1. The smallest absolute Gasteiger partial charge is 0.293 e. The SMILES string of the molecule is O=C(NC1CC1)c1cc2cccc([N+](=O)[O-])c2[nH]1. The van der Waals surface area contributed by atoms with E-state index in [1.54, 1.807) is 18.2 Å². The predicted molar refractivity (Wildman–Crippen MR) is 65.4 cm³/mol. The minimum absolute atomic E-state index is 0.0158. The molecule has 0 aliphatic heterocycles. The van der Waals surface area contributed by atoms with Crippen LogP contribution in [0.25, 0.3) is 10.9 Å². The Labute approximate surface area is 102 Å². The highest BCUT2D eigenvalue weighted by molar-refractivity contribution is 6.00. The molecule has 1 heterocycles. The summed E-state index contributed by atoms with van der Waals surface area (Å²) in [6.07, 6.45) is 2.01. The Morgan fingerprint density at radius 1 is 1.44 bits per heavy atom. The van der Waals surface area contributed by atoms with Crippen molar-refractivity contribution in [1.29, 1.82) is 0 Å². The molecular weight excluding hydrogens is 234 g/mol. The zero-order valence-electron chi connectivity index (χ0n) is 9.47. The number of aromatic nitrogens is 1. The molecule has 6 nitrogen and oxygen atoms in total. The van der Waals surface area contributed by atoms with E-state index >= 15 is 0 Å². The van der Waals surface area contributed by atoms with Crippen LogP contribution < -0.4 is 5.32 Å². The van der Waals surface area contributed by atoms with Crippen molar-refractivity contribution in [2.24, 2.45) is 0 Å². The van der Waals surface area contributed by atoms with E-state index in [1.165, 1.54) is 6.07 Å². The number of nitrogens with zero attached hydrogens (tertiary/aromatic N) is 1. The summed E-state index contributed by atoms with van der Waals surface area (Å²) in [5, 5.41) is 14.4. The molecule has 1 amide bonds. The van der Waals surface area contributed by atoms with Gasteiger partial charge in [-0.1, -0.05) is 12.1 Å². The van der Waals surface area contributed by atoms with Gasteiger partial charge in [0.25, 0.3) is 11.6 Å². The predicted octanol–water partition coefficient (Wildman–Crippen LogP) is 1.97. The Bertz CT molecular complexity index is 643. The molecule has 92 valence electrons. The molecule has 1 aromatic carbocycles. The van der Waals surface area contributed by atoms with Gasteiger partial charge >= 0.3 is 0 Å². The maximum absolute atomic E-state index is 11.8. The van der Waals surface area contributed by atoms with E-state index in [4.69, 9.17) is 0 Å². The van der Waals surface area contributed by atoms with Gasteiger partial charge in [0.05, 0.1) is 4.92 Å². The lowest BCUT2D eigenvalue weighted by molar-refractivity contribution is -0.383. The lowest BCUT2D eigenvalue weighted by Crippen LogP contribution is -2.25. The lowest BCUT2D eigenvalue weighted by Gasteiger charge is -1.99. The van der Waals surface area contributed by atoms with Crippen molar-refractivity contribution in [2.75, 3.05) is 0 Å². The fraction of sp³-hybridized carbons (Fsp3) is 0.250. The van der Waals surface area contributed by atoms with Crippen LogP contribution in [0.5, 0.6) is 0 Å². The van der Waals surface area contributed by atoms with Crippen molar-refractivity contribution in [3.8, 4) is 0 Å². The highest BCUT2D eigenvalue weighted by atomic mass is 16.6. The van der Waals surface area contributed by atoms with E-state index in [1.807, 2.05) is 0 Å². The molecule has 1 saturated carbocycles. The molecule has 0 bridgehead atoms.